The monoisotopic (exact) mass is 420 g/mol. The fourth-order valence-corrected chi connectivity index (χ4v) is 4.79. The Balaban J connectivity index is 1.77. The van der Waals surface area contributed by atoms with Gasteiger partial charge in [0, 0.05) is 44.2 Å². The average Bonchev–Trinajstić information content (AvgIpc) is 3.15. The highest BCUT2D eigenvalue weighted by atomic mass is 16.5. The van der Waals surface area contributed by atoms with Crippen LogP contribution in [-0.4, -0.2) is 25.8 Å². The number of aromatic nitrogens is 1. The molecule has 3 nitrogen and oxygen atoms in total. The Bertz CT molecular complexity index is 1410. The van der Waals surface area contributed by atoms with E-state index in [1.165, 1.54) is 38.4 Å². The number of hydrogen-bond donors (Lipinski definition) is 0. The Labute approximate surface area is 189 Å². The van der Waals surface area contributed by atoms with Gasteiger partial charge in [0.2, 0.25) is 0 Å². The molecule has 0 fully saturated rings. The Kier molecular flexibility index (Phi) is 5.10. The van der Waals surface area contributed by atoms with Crippen molar-refractivity contribution in [2.24, 2.45) is 7.05 Å². The summed E-state index contributed by atoms with van der Waals surface area (Å²) in [6.07, 6.45) is 2.27. The van der Waals surface area contributed by atoms with Crippen LogP contribution in [-0.2, 0) is 7.05 Å². The summed E-state index contributed by atoms with van der Waals surface area (Å²) in [7, 11) is 7.96. The fourth-order valence-electron chi connectivity index (χ4n) is 4.79. The van der Waals surface area contributed by atoms with Crippen molar-refractivity contribution in [1.82, 2.24) is 4.57 Å². The predicted molar refractivity (Wildman–Crippen MR) is 135 cm³/mol. The molecule has 1 atom stereocenters. The minimum atomic E-state index is 0.0934. The molecule has 0 aliphatic heterocycles. The first-order valence-electron chi connectivity index (χ1n) is 10.9. The molecule has 5 aromatic rings. The molecule has 0 aliphatic carbocycles. The van der Waals surface area contributed by atoms with Crippen molar-refractivity contribution in [3.8, 4) is 5.75 Å². The first kappa shape index (κ1) is 20.2. The van der Waals surface area contributed by atoms with Crippen LogP contribution >= 0.6 is 0 Å². The van der Waals surface area contributed by atoms with Gasteiger partial charge in [-0.05, 0) is 45.7 Å². The van der Waals surface area contributed by atoms with Crippen molar-refractivity contribution in [3.63, 3.8) is 0 Å². The number of fused-ring (bicyclic) bond motifs is 2. The molecule has 0 bridgehead atoms. The Morgan fingerprint density at radius 2 is 1.47 bits per heavy atom. The van der Waals surface area contributed by atoms with Crippen molar-refractivity contribution >= 4 is 27.4 Å². The van der Waals surface area contributed by atoms with Crippen molar-refractivity contribution in [3.05, 3.63) is 108 Å². The number of para-hydroxylation sites is 1. The number of rotatable bonds is 5. The number of methoxy groups -OCH3 is 1. The second kappa shape index (κ2) is 8.08. The highest BCUT2D eigenvalue weighted by molar-refractivity contribution is 5.87. The number of ether oxygens (including phenoxy) is 1. The molecule has 1 aromatic heterocycles. The maximum atomic E-state index is 5.79. The third kappa shape index (κ3) is 3.40. The summed E-state index contributed by atoms with van der Waals surface area (Å²) in [5, 5.41) is 3.80. The van der Waals surface area contributed by atoms with Crippen LogP contribution in [0.3, 0.4) is 0 Å². The molecule has 0 saturated carbocycles. The fraction of sp³-hybridized carbons (Fsp3) is 0.172. The van der Waals surface area contributed by atoms with E-state index in [2.05, 4.69) is 108 Å². The lowest BCUT2D eigenvalue weighted by atomic mass is 9.84. The number of nitrogens with zero attached hydrogens (tertiary/aromatic N) is 2. The summed E-state index contributed by atoms with van der Waals surface area (Å²) in [6, 6.07) is 30.6. The van der Waals surface area contributed by atoms with E-state index >= 15 is 0 Å². The minimum absolute atomic E-state index is 0.0934. The molecule has 4 aromatic carbocycles. The van der Waals surface area contributed by atoms with Crippen LogP contribution in [0.1, 0.15) is 22.6 Å². The van der Waals surface area contributed by atoms with Crippen LogP contribution < -0.4 is 9.64 Å². The molecule has 0 radical (unpaired) electrons. The van der Waals surface area contributed by atoms with Crippen LogP contribution in [0.15, 0.2) is 91.1 Å². The van der Waals surface area contributed by atoms with Gasteiger partial charge in [-0.25, -0.2) is 0 Å². The Morgan fingerprint density at radius 3 is 2.25 bits per heavy atom. The van der Waals surface area contributed by atoms with Gasteiger partial charge in [0.25, 0.3) is 0 Å². The van der Waals surface area contributed by atoms with E-state index in [1.54, 1.807) is 7.11 Å². The minimum Gasteiger partial charge on any atom is -0.495 e. The van der Waals surface area contributed by atoms with Gasteiger partial charge in [-0.2, -0.15) is 0 Å². The average molecular weight is 421 g/mol. The summed E-state index contributed by atoms with van der Waals surface area (Å²) in [5.74, 6) is 0.981. The number of benzene rings is 4. The molecule has 0 N–H and O–H groups in total. The zero-order chi connectivity index (χ0) is 22.2. The van der Waals surface area contributed by atoms with E-state index < -0.39 is 0 Å². The van der Waals surface area contributed by atoms with Crippen molar-refractivity contribution in [1.29, 1.82) is 0 Å². The molecule has 0 saturated heterocycles. The standard InChI is InChI=1S/C29H28N2O/c1-30(2)27-16-15-23(18-28(27)32-4)29(22-14-13-20-9-5-6-10-21(20)17-22)25-19-31(3)26-12-8-7-11-24(25)26/h5-19,29H,1-4H3. The molecule has 3 heteroatoms. The van der Waals surface area contributed by atoms with E-state index in [9.17, 15) is 0 Å². The van der Waals surface area contributed by atoms with Gasteiger partial charge in [-0.15, -0.1) is 0 Å². The third-order valence-corrected chi connectivity index (χ3v) is 6.36. The molecule has 160 valence electrons. The van der Waals surface area contributed by atoms with E-state index in [0.717, 1.165) is 11.4 Å². The van der Waals surface area contributed by atoms with Gasteiger partial charge in [0.1, 0.15) is 5.75 Å². The quantitative estimate of drug-likeness (QED) is 0.319. The molecule has 1 unspecified atom stereocenters. The summed E-state index contributed by atoms with van der Waals surface area (Å²) in [5.41, 5.74) is 6.12. The summed E-state index contributed by atoms with van der Waals surface area (Å²) in [4.78, 5) is 2.09. The van der Waals surface area contributed by atoms with Crippen LogP contribution in [0.5, 0.6) is 5.75 Å². The molecular weight excluding hydrogens is 392 g/mol. The van der Waals surface area contributed by atoms with Gasteiger partial charge in [-0.1, -0.05) is 66.7 Å². The maximum absolute atomic E-state index is 5.79. The first-order valence-corrected chi connectivity index (χ1v) is 10.9. The SMILES string of the molecule is COc1cc(C(c2ccc3ccccc3c2)c2cn(C)c3ccccc23)ccc1N(C)C. The van der Waals surface area contributed by atoms with Crippen LogP contribution in [0.4, 0.5) is 5.69 Å². The Hall–Kier alpha value is -3.72. The zero-order valence-electron chi connectivity index (χ0n) is 19.0. The largest absolute Gasteiger partial charge is 0.495 e. The summed E-state index contributed by atoms with van der Waals surface area (Å²) in [6.45, 7) is 0. The predicted octanol–water partition coefficient (Wildman–Crippen LogP) is 6.59. The first-order chi connectivity index (χ1) is 15.6. The van der Waals surface area contributed by atoms with Crippen molar-refractivity contribution in [2.45, 2.75) is 5.92 Å². The topological polar surface area (TPSA) is 17.4 Å². The number of aryl methyl sites for hydroxylation is 1. The highest BCUT2D eigenvalue weighted by Gasteiger charge is 2.23. The van der Waals surface area contributed by atoms with Crippen LogP contribution in [0.25, 0.3) is 21.7 Å². The van der Waals surface area contributed by atoms with E-state index in [0.29, 0.717) is 0 Å². The van der Waals surface area contributed by atoms with Gasteiger partial charge in [0.15, 0.2) is 0 Å². The van der Waals surface area contributed by atoms with Crippen LogP contribution in [0.2, 0.25) is 0 Å². The summed E-state index contributed by atoms with van der Waals surface area (Å²) >= 11 is 0. The lowest BCUT2D eigenvalue weighted by molar-refractivity contribution is 0.415. The van der Waals surface area contributed by atoms with Gasteiger partial charge < -0.3 is 14.2 Å². The lowest BCUT2D eigenvalue weighted by Crippen LogP contribution is -2.11. The molecule has 0 amide bonds. The Morgan fingerprint density at radius 1 is 0.781 bits per heavy atom. The van der Waals surface area contributed by atoms with Gasteiger partial charge >= 0.3 is 0 Å². The zero-order valence-corrected chi connectivity index (χ0v) is 19.0. The second-order valence-electron chi connectivity index (χ2n) is 8.58. The van der Waals surface area contributed by atoms with Crippen LogP contribution in [0, 0.1) is 0 Å². The lowest BCUT2D eigenvalue weighted by Gasteiger charge is -2.22. The number of anilines is 1. The van der Waals surface area contributed by atoms with E-state index in [4.69, 9.17) is 4.74 Å². The third-order valence-electron chi connectivity index (χ3n) is 6.36. The number of hydrogen-bond acceptors (Lipinski definition) is 2. The van der Waals surface area contributed by atoms with Crippen molar-refractivity contribution in [2.75, 3.05) is 26.1 Å². The molecule has 0 spiro atoms. The van der Waals surface area contributed by atoms with Crippen molar-refractivity contribution < 1.29 is 4.74 Å². The molecule has 32 heavy (non-hydrogen) atoms. The van der Waals surface area contributed by atoms with Gasteiger partial charge in [0.05, 0.1) is 12.8 Å². The second-order valence-corrected chi connectivity index (χ2v) is 8.58. The smallest absolute Gasteiger partial charge is 0.142 e. The van der Waals surface area contributed by atoms with Gasteiger partial charge in [-0.3, -0.25) is 0 Å². The molecule has 0 aliphatic rings. The summed E-state index contributed by atoms with van der Waals surface area (Å²) < 4.78 is 8.01. The highest BCUT2D eigenvalue weighted by Crippen LogP contribution is 2.40. The normalized spacial score (nSPS) is 12.2. The maximum Gasteiger partial charge on any atom is 0.142 e. The molecule has 1 heterocycles. The van der Waals surface area contributed by atoms with E-state index in [1.807, 2.05) is 14.1 Å². The molecular formula is C29H28N2O. The van der Waals surface area contributed by atoms with E-state index in [-0.39, 0.29) is 5.92 Å². The molecule has 5 rings (SSSR count).